The molecule has 33 heavy (non-hydrogen) atoms. The Morgan fingerprint density at radius 3 is 2.33 bits per heavy atom. The molecule has 0 aliphatic heterocycles. The molecule has 172 valence electrons. The third-order valence-electron chi connectivity index (χ3n) is 4.08. The van der Waals surface area contributed by atoms with Gasteiger partial charge in [0.2, 0.25) is 11.1 Å². The minimum atomic E-state index is -4.84. The number of halogens is 4. The van der Waals surface area contributed by atoms with Gasteiger partial charge in [0.1, 0.15) is 5.75 Å². The Hall–Kier alpha value is -3.86. The number of anilines is 1. The molecule has 0 bridgehead atoms. The van der Waals surface area contributed by atoms with Crippen LogP contribution in [0.2, 0.25) is 5.02 Å². The van der Waals surface area contributed by atoms with Crippen LogP contribution < -0.4 is 15.5 Å². The van der Waals surface area contributed by atoms with E-state index in [0.717, 1.165) is 12.1 Å². The molecule has 0 radical (unpaired) electrons. The molecule has 0 fully saturated rings. The number of hydrogen-bond donors (Lipinski definition) is 1. The van der Waals surface area contributed by atoms with Crippen LogP contribution in [0.15, 0.2) is 59.4 Å². The molecule has 1 heterocycles. The predicted octanol–water partition coefficient (Wildman–Crippen LogP) is 3.89. The maximum atomic E-state index is 12.3. The number of nitrogens with zero attached hydrogens (tertiary/aromatic N) is 2. The summed E-state index contributed by atoms with van der Waals surface area (Å²) in [5, 5.41) is 6.85. The van der Waals surface area contributed by atoms with Crippen LogP contribution in [0.25, 0.3) is 5.69 Å². The second-order valence-electron chi connectivity index (χ2n) is 6.58. The lowest BCUT2D eigenvalue weighted by atomic mass is 10.3. The zero-order chi connectivity index (χ0) is 24.2. The Bertz CT molecular complexity index is 1230. The Labute approximate surface area is 189 Å². The first-order valence-corrected chi connectivity index (χ1v) is 9.59. The van der Waals surface area contributed by atoms with Crippen LogP contribution in [0, 0.1) is 6.92 Å². The number of amides is 1. The molecule has 1 N–H and O–H groups in total. The van der Waals surface area contributed by atoms with Crippen LogP contribution in [-0.4, -0.2) is 34.6 Å². The molecule has 3 aromatic rings. The minimum Gasteiger partial charge on any atom is -0.451 e. The van der Waals surface area contributed by atoms with Gasteiger partial charge in [-0.15, -0.1) is 13.2 Å². The van der Waals surface area contributed by atoms with Gasteiger partial charge in [0.15, 0.2) is 6.61 Å². The van der Waals surface area contributed by atoms with Crippen molar-refractivity contribution < 1.29 is 32.2 Å². The van der Waals surface area contributed by atoms with E-state index in [1.165, 1.54) is 22.9 Å². The predicted molar refractivity (Wildman–Crippen MR) is 112 cm³/mol. The van der Waals surface area contributed by atoms with Crippen molar-refractivity contribution in [1.82, 2.24) is 9.78 Å². The molecule has 8 nitrogen and oxygen atoms in total. The summed E-state index contributed by atoms with van der Waals surface area (Å²) in [5.41, 5.74) is -0.0827. The summed E-state index contributed by atoms with van der Waals surface area (Å²) < 4.78 is 46.5. The second kappa shape index (κ2) is 9.74. The first-order valence-electron chi connectivity index (χ1n) is 9.21. The van der Waals surface area contributed by atoms with E-state index in [9.17, 15) is 27.6 Å². The molecule has 3 rings (SSSR count). The summed E-state index contributed by atoms with van der Waals surface area (Å²) in [4.78, 5) is 36.5. The van der Waals surface area contributed by atoms with Gasteiger partial charge in [-0.05, 0) is 55.5 Å². The van der Waals surface area contributed by atoms with Crippen LogP contribution in [0.4, 0.5) is 18.9 Å². The topological polar surface area (TPSA) is 99.5 Å². The van der Waals surface area contributed by atoms with Crippen molar-refractivity contribution in [2.75, 3.05) is 11.9 Å². The lowest BCUT2D eigenvalue weighted by molar-refractivity contribution is -0.274. The smallest absolute Gasteiger partial charge is 0.451 e. The van der Waals surface area contributed by atoms with Gasteiger partial charge in [-0.25, -0.2) is 9.48 Å². The van der Waals surface area contributed by atoms with Gasteiger partial charge in [-0.3, -0.25) is 9.59 Å². The summed E-state index contributed by atoms with van der Waals surface area (Å²) in [5.74, 6) is -2.36. The molecule has 0 atom stereocenters. The van der Waals surface area contributed by atoms with Gasteiger partial charge in [-0.2, -0.15) is 5.10 Å². The highest BCUT2D eigenvalue weighted by Gasteiger charge is 2.31. The maximum absolute atomic E-state index is 12.3. The van der Waals surface area contributed by atoms with Crippen molar-refractivity contribution >= 4 is 29.2 Å². The molecular formula is C21H15ClF3N3O5. The number of ether oxygens (including phenoxy) is 2. The molecule has 1 amide bonds. The highest BCUT2D eigenvalue weighted by Crippen LogP contribution is 2.24. The SMILES string of the molecule is Cc1cc(=O)c(C(=O)OCC(=O)Nc2ccc(OC(F)(F)F)cc2)nn1-c1ccc(Cl)cc1. The third-order valence-corrected chi connectivity index (χ3v) is 4.33. The summed E-state index contributed by atoms with van der Waals surface area (Å²) in [6.07, 6.45) is -4.84. The number of carbonyl (C=O) groups excluding carboxylic acids is 2. The number of rotatable bonds is 6. The lowest BCUT2D eigenvalue weighted by Gasteiger charge is -2.11. The average molecular weight is 482 g/mol. The lowest BCUT2D eigenvalue weighted by Crippen LogP contribution is -2.27. The standard InChI is InChI=1S/C21H15ClF3N3O5/c1-12-10-17(29)19(27-28(12)15-6-2-13(22)3-7-15)20(31)32-11-18(30)26-14-4-8-16(9-5-14)33-21(23,24)25/h2-10H,11H2,1H3,(H,26,30). The van der Waals surface area contributed by atoms with E-state index in [1.54, 1.807) is 31.2 Å². The molecule has 0 aliphatic carbocycles. The van der Waals surface area contributed by atoms with Crippen molar-refractivity contribution in [3.63, 3.8) is 0 Å². The van der Waals surface area contributed by atoms with Crippen molar-refractivity contribution in [1.29, 1.82) is 0 Å². The van der Waals surface area contributed by atoms with E-state index in [2.05, 4.69) is 15.2 Å². The van der Waals surface area contributed by atoms with Gasteiger partial charge in [-0.1, -0.05) is 11.6 Å². The van der Waals surface area contributed by atoms with Crippen molar-refractivity contribution in [2.45, 2.75) is 13.3 Å². The largest absolute Gasteiger partial charge is 0.573 e. The Morgan fingerprint density at radius 2 is 1.73 bits per heavy atom. The number of nitrogens with one attached hydrogen (secondary N) is 1. The monoisotopic (exact) mass is 481 g/mol. The first kappa shape index (κ1) is 23.8. The van der Waals surface area contributed by atoms with Crippen LogP contribution in [-0.2, 0) is 9.53 Å². The fraction of sp³-hybridized carbons (Fsp3) is 0.143. The van der Waals surface area contributed by atoms with Gasteiger partial charge < -0.3 is 14.8 Å². The summed E-state index contributed by atoms with van der Waals surface area (Å²) in [6, 6.07) is 12.1. The molecule has 0 saturated carbocycles. The normalized spacial score (nSPS) is 11.1. The number of aromatic nitrogens is 2. The maximum Gasteiger partial charge on any atom is 0.573 e. The molecule has 2 aromatic carbocycles. The second-order valence-corrected chi connectivity index (χ2v) is 7.02. The summed E-state index contributed by atoms with van der Waals surface area (Å²) >= 11 is 5.86. The molecule has 0 spiro atoms. The molecular weight excluding hydrogens is 467 g/mol. The van der Waals surface area contributed by atoms with Crippen LogP contribution in [0.5, 0.6) is 5.75 Å². The fourth-order valence-corrected chi connectivity index (χ4v) is 2.79. The highest BCUT2D eigenvalue weighted by atomic mass is 35.5. The molecule has 1 aromatic heterocycles. The van der Waals surface area contributed by atoms with Crippen LogP contribution >= 0.6 is 11.6 Å². The van der Waals surface area contributed by atoms with Crippen molar-refractivity contribution in [3.8, 4) is 11.4 Å². The number of esters is 1. The zero-order valence-corrected chi connectivity index (χ0v) is 17.6. The number of carbonyl (C=O) groups is 2. The van der Waals surface area contributed by atoms with E-state index in [0.29, 0.717) is 16.4 Å². The molecule has 0 unspecified atom stereocenters. The van der Waals surface area contributed by atoms with Crippen molar-refractivity contribution in [3.05, 3.63) is 81.2 Å². The number of benzene rings is 2. The van der Waals surface area contributed by atoms with E-state index in [1.807, 2.05) is 0 Å². The molecule has 0 saturated heterocycles. The quantitative estimate of drug-likeness (QED) is 0.536. The van der Waals surface area contributed by atoms with Gasteiger partial charge in [0.25, 0.3) is 5.91 Å². The van der Waals surface area contributed by atoms with E-state index in [-0.39, 0.29) is 5.69 Å². The van der Waals surface area contributed by atoms with Gasteiger partial charge in [0, 0.05) is 22.5 Å². The fourth-order valence-electron chi connectivity index (χ4n) is 2.67. The van der Waals surface area contributed by atoms with Gasteiger partial charge in [0.05, 0.1) is 5.69 Å². The Kier molecular flexibility index (Phi) is 7.02. The minimum absolute atomic E-state index is 0.143. The highest BCUT2D eigenvalue weighted by molar-refractivity contribution is 6.30. The van der Waals surface area contributed by atoms with E-state index in [4.69, 9.17) is 16.3 Å². The Balaban J connectivity index is 1.64. The number of alkyl halides is 3. The first-order chi connectivity index (χ1) is 15.5. The zero-order valence-electron chi connectivity index (χ0n) is 16.9. The Morgan fingerprint density at radius 1 is 1.09 bits per heavy atom. The summed E-state index contributed by atoms with van der Waals surface area (Å²) in [7, 11) is 0. The molecule has 0 aliphatic rings. The van der Waals surface area contributed by atoms with Crippen LogP contribution in [0.3, 0.4) is 0 Å². The third kappa shape index (κ3) is 6.56. The van der Waals surface area contributed by atoms with Crippen LogP contribution in [0.1, 0.15) is 16.2 Å². The van der Waals surface area contributed by atoms with E-state index >= 15 is 0 Å². The summed E-state index contributed by atoms with van der Waals surface area (Å²) in [6.45, 7) is 0.867. The van der Waals surface area contributed by atoms with Gasteiger partial charge >= 0.3 is 12.3 Å². The van der Waals surface area contributed by atoms with E-state index < -0.39 is 41.7 Å². The average Bonchev–Trinajstić information content (AvgIpc) is 2.73. The van der Waals surface area contributed by atoms with Crippen molar-refractivity contribution in [2.24, 2.45) is 0 Å². The number of aryl methyl sites for hydroxylation is 1. The number of hydrogen-bond acceptors (Lipinski definition) is 6. The molecule has 12 heteroatoms.